The van der Waals surface area contributed by atoms with Gasteiger partial charge < -0.3 is 5.11 Å². The van der Waals surface area contributed by atoms with Gasteiger partial charge in [0.05, 0.1) is 5.60 Å². The highest BCUT2D eigenvalue weighted by Crippen LogP contribution is 2.67. The summed E-state index contributed by atoms with van der Waals surface area (Å²) in [4.78, 5) is 0. The third kappa shape index (κ3) is 1.87. The minimum absolute atomic E-state index is 0.401. The average Bonchev–Trinajstić information content (AvgIpc) is 2.62. The van der Waals surface area contributed by atoms with Gasteiger partial charge in [0.1, 0.15) is 0 Å². The van der Waals surface area contributed by atoms with Gasteiger partial charge in [-0.25, -0.2) is 0 Å². The molecule has 0 heterocycles. The zero-order valence-corrected chi connectivity index (χ0v) is 10.8. The molecule has 2 rings (SSSR count). The van der Waals surface area contributed by atoms with Gasteiger partial charge in [-0.15, -0.1) is 6.58 Å². The van der Waals surface area contributed by atoms with E-state index in [-0.39, 0.29) is 0 Å². The highest BCUT2D eigenvalue weighted by atomic mass is 32.2. The second-order valence-corrected chi connectivity index (χ2v) is 7.18. The minimum atomic E-state index is -0.470. The average molecular weight is 226 g/mol. The molecule has 0 amide bonds. The Morgan fingerprint density at radius 1 is 1.40 bits per heavy atom. The lowest BCUT2D eigenvalue weighted by Gasteiger charge is -2.36. The van der Waals surface area contributed by atoms with Crippen molar-refractivity contribution in [3.05, 3.63) is 12.7 Å². The summed E-state index contributed by atoms with van der Waals surface area (Å²) in [5, 5.41) is 10.8. The minimum Gasteiger partial charge on any atom is -0.389 e. The van der Waals surface area contributed by atoms with Crippen LogP contribution in [-0.4, -0.2) is 21.7 Å². The highest BCUT2D eigenvalue weighted by molar-refractivity contribution is 8.00. The van der Waals surface area contributed by atoms with E-state index >= 15 is 0 Å². The van der Waals surface area contributed by atoms with Crippen LogP contribution in [0.1, 0.15) is 33.6 Å². The molecular weight excluding hydrogens is 204 g/mol. The normalized spacial score (nSPS) is 47.1. The first-order valence-electron chi connectivity index (χ1n) is 5.84. The molecule has 2 aliphatic carbocycles. The van der Waals surface area contributed by atoms with E-state index in [1.165, 1.54) is 6.42 Å². The molecule has 1 N–H and O–H groups in total. The van der Waals surface area contributed by atoms with E-state index in [1.807, 2.05) is 24.8 Å². The van der Waals surface area contributed by atoms with Gasteiger partial charge in [-0.3, -0.25) is 0 Å². The van der Waals surface area contributed by atoms with Gasteiger partial charge in [-0.05, 0) is 37.0 Å². The molecule has 2 heteroatoms. The smallest absolute Gasteiger partial charge is 0.0741 e. The number of hydrogen-bond acceptors (Lipinski definition) is 2. The van der Waals surface area contributed by atoms with Crippen LogP contribution in [0.4, 0.5) is 0 Å². The third-order valence-corrected chi connectivity index (χ3v) is 6.03. The van der Waals surface area contributed by atoms with Gasteiger partial charge in [-0.1, -0.05) is 19.9 Å². The van der Waals surface area contributed by atoms with Crippen molar-refractivity contribution in [2.75, 3.05) is 5.75 Å². The Kier molecular flexibility index (Phi) is 2.71. The second kappa shape index (κ2) is 3.53. The predicted molar refractivity (Wildman–Crippen MR) is 67.1 cm³/mol. The first-order valence-corrected chi connectivity index (χ1v) is 6.89. The molecule has 4 atom stereocenters. The second-order valence-electron chi connectivity index (χ2n) is 5.94. The van der Waals surface area contributed by atoms with Gasteiger partial charge in [0, 0.05) is 11.0 Å². The Bertz CT molecular complexity index is 270. The molecule has 0 bridgehead atoms. The van der Waals surface area contributed by atoms with Crippen LogP contribution < -0.4 is 0 Å². The van der Waals surface area contributed by atoms with Crippen molar-refractivity contribution in [2.45, 2.75) is 44.5 Å². The Morgan fingerprint density at radius 2 is 2.07 bits per heavy atom. The fourth-order valence-corrected chi connectivity index (χ4v) is 4.39. The van der Waals surface area contributed by atoms with Crippen molar-refractivity contribution in [2.24, 2.45) is 17.3 Å². The summed E-state index contributed by atoms with van der Waals surface area (Å²) < 4.78 is 0. The fraction of sp³-hybridized carbons (Fsp3) is 0.846. The molecule has 0 aromatic carbocycles. The van der Waals surface area contributed by atoms with Crippen LogP contribution in [0.25, 0.3) is 0 Å². The maximum absolute atomic E-state index is 10.4. The molecule has 0 aromatic heterocycles. The van der Waals surface area contributed by atoms with Crippen LogP contribution in [0.3, 0.4) is 0 Å². The summed E-state index contributed by atoms with van der Waals surface area (Å²) in [6.07, 6.45) is 4.10. The zero-order chi connectivity index (χ0) is 11.3. The molecule has 0 aromatic rings. The predicted octanol–water partition coefficient (Wildman–Crippen LogP) is 3.09. The largest absolute Gasteiger partial charge is 0.389 e. The lowest BCUT2D eigenvalue weighted by atomic mass is 9.86. The molecule has 0 spiro atoms. The Balaban J connectivity index is 2.03. The van der Waals surface area contributed by atoms with Crippen LogP contribution in [0.5, 0.6) is 0 Å². The quantitative estimate of drug-likeness (QED) is 0.746. The van der Waals surface area contributed by atoms with Gasteiger partial charge >= 0.3 is 0 Å². The Labute approximate surface area is 97.3 Å². The number of aliphatic hydroxyl groups is 1. The van der Waals surface area contributed by atoms with E-state index in [0.717, 1.165) is 24.0 Å². The topological polar surface area (TPSA) is 20.2 Å². The van der Waals surface area contributed by atoms with Crippen LogP contribution >= 0.6 is 11.8 Å². The molecule has 4 unspecified atom stereocenters. The first kappa shape index (κ1) is 11.5. The lowest BCUT2D eigenvalue weighted by Crippen LogP contribution is -2.41. The molecule has 0 saturated heterocycles. The van der Waals surface area contributed by atoms with Crippen LogP contribution in [0.15, 0.2) is 12.7 Å². The standard InChI is InChI=1S/C13H22OS/c1-5-6-15-11-7-9-10(12(9,2)3)8-13(11,4)14/h5,9-11,14H,1,6-8H2,2-4H3. The molecule has 0 radical (unpaired) electrons. The SMILES string of the molecule is C=CCSC1CC2C(CC1(C)O)C2(C)C. The van der Waals surface area contributed by atoms with Crippen LogP contribution in [0, 0.1) is 17.3 Å². The van der Waals surface area contributed by atoms with Gasteiger partial charge in [-0.2, -0.15) is 11.8 Å². The van der Waals surface area contributed by atoms with Crippen molar-refractivity contribution >= 4 is 11.8 Å². The van der Waals surface area contributed by atoms with Gasteiger partial charge in [0.2, 0.25) is 0 Å². The molecule has 86 valence electrons. The number of fused-ring (bicyclic) bond motifs is 1. The van der Waals surface area contributed by atoms with Crippen molar-refractivity contribution in [1.82, 2.24) is 0 Å². The number of rotatable bonds is 3. The maximum Gasteiger partial charge on any atom is 0.0741 e. The van der Waals surface area contributed by atoms with Crippen LogP contribution in [0.2, 0.25) is 0 Å². The Hall–Kier alpha value is 0.0500. The third-order valence-electron chi connectivity index (χ3n) is 4.50. The summed E-state index contributed by atoms with van der Waals surface area (Å²) in [6, 6.07) is 0. The summed E-state index contributed by atoms with van der Waals surface area (Å²) in [6.45, 7) is 10.5. The molecular formula is C13H22OS. The van der Waals surface area contributed by atoms with E-state index in [9.17, 15) is 5.11 Å². The summed E-state index contributed by atoms with van der Waals surface area (Å²) in [5.41, 5.74) is 0.0100. The van der Waals surface area contributed by atoms with Gasteiger partial charge in [0.25, 0.3) is 0 Å². The summed E-state index contributed by atoms with van der Waals surface area (Å²) in [5.74, 6) is 2.56. The lowest BCUT2D eigenvalue weighted by molar-refractivity contribution is 0.0245. The fourth-order valence-electron chi connectivity index (χ4n) is 3.22. The summed E-state index contributed by atoms with van der Waals surface area (Å²) in [7, 11) is 0. The van der Waals surface area contributed by atoms with Crippen LogP contribution in [-0.2, 0) is 0 Å². The number of thioether (sulfide) groups is 1. The molecule has 0 aliphatic heterocycles. The monoisotopic (exact) mass is 226 g/mol. The van der Waals surface area contributed by atoms with Crippen molar-refractivity contribution < 1.29 is 5.11 Å². The molecule has 15 heavy (non-hydrogen) atoms. The maximum atomic E-state index is 10.4. The zero-order valence-electron chi connectivity index (χ0n) is 9.99. The highest BCUT2D eigenvalue weighted by Gasteiger charge is 2.63. The van der Waals surface area contributed by atoms with Gasteiger partial charge in [0.15, 0.2) is 0 Å². The van der Waals surface area contributed by atoms with E-state index < -0.39 is 5.60 Å². The first-order chi connectivity index (χ1) is 6.89. The summed E-state index contributed by atoms with van der Waals surface area (Å²) >= 11 is 1.87. The Morgan fingerprint density at radius 3 is 2.67 bits per heavy atom. The number of hydrogen-bond donors (Lipinski definition) is 1. The molecule has 2 aliphatic rings. The van der Waals surface area contributed by atoms with Crippen molar-refractivity contribution in [3.8, 4) is 0 Å². The van der Waals surface area contributed by atoms with Crippen molar-refractivity contribution in [1.29, 1.82) is 0 Å². The molecule has 1 nitrogen and oxygen atoms in total. The van der Waals surface area contributed by atoms with E-state index in [1.54, 1.807) is 0 Å². The van der Waals surface area contributed by atoms with E-state index in [0.29, 0.717) is 10.7 Å². The van der Waals surface area contributed by atoms with E-state index in [2.05, 4.69) is 20.4 Å². The molecule has 2 fully saturated rings. The molecule has 2 saturated carbocycles. The van der Waals surface area contributed by atoms with E-state index in [4.69, 9.17) is 0 Å². The van der Waals surface area contributed by atoms with Crippen molar-refractivity contribution in [3.63, 3.8) is 0 Å².